The molecule has 0 bridgehead atoms. The third kappa shape index (κ3) is 4.89. The number of para-hydroxylation sites is 1. The lowest BCUT2D eigenvalue weighted by Gasteiger charge is -2.21. The van der Waals surface area contributed by atoms with Crippen molar-refractivity contribution in [3.05, 3.63) is 46.8 Å². The van der Waals surface area contributed by atoms with Crippen molar-refractivity contribution in [3.63, 3.8) is 0 Å². The number of rotatable bonds is 8. The minimum Gasteiger partial charge on any atom is -0.311 e. The molecule has 1 aromatic carbocycles. The van der Waals surface area contributed by atoms with E-state index in [0.717, 1.165) is 40.3 Å². The summed E-state index contributed by atoms with van der Waals surface area (Å²) >= 11 is 3.21. The molecular weight excluding hydrogens is 438 g/mol. The molecule has 0 radical (unpaired) electrons. The van der Waals surface area contributed by atoms with Crippen LogP contribution in [0.5, 0.6) is 0 Å². The Morgan fingerprint density at radius 1 is 1.34 bits per heavy atom. The second kappa shape index (κ2) is 10.3. The Morgan fingerprint density at radius 3 is 2.91 bits per heavy atom. The van der Waals surface area contributed by atoms with E-state index < -0.39 is 0 Å². The summed E-state index contributed by atoms with van der Waals surface area (Å²) in [7, 11) is 1.96. The Labute approximate surface area is 197 Å². The molecule has 0 fully saturated rings. The number of nitrogens with zero attached hydrogens (tertiary/aromatic N) is 5. The molecule has 8 heteroatoms. The number of hydrogen-bond acceptors (Lipinski definition) is 6. The number of aromatic nitrogens is 3. The van der Waals surface area contributed by atoms with E-state index in [1.165, 1.54) is 35.0 Å². The molecule has 1 aliphatic rings. The molecule has 0 aliphatic heterocycles. The minimum atomic E-state index is -0.0433. The Balaban J connectivity index is 1.45. The van der Waals surface area contributed by atoms with E-state index >= 15 is 0 Å². The van der Waals surface area contributed by atoms with Crippen molar-refractivity contribution in [3.8, 4) is 16.8 Å². The van der Waals surface area contributed by atoms with E-state index in [-0.39, 0.29) is 11.7 Å². The summed E-state index contributed by atoms with van der Waals surface area (Å²) in [6.07, 6.45) is 5.12. The topological polar surface area (TPSA) is 74.8 Å². The van der Waals surface area contributed by atoms with Crippen molar-refractivity contribution in [1.82, 2.24) is 14.8 Å². The van der Waals surface area contributed by atoms with Crippen LogP contribution in [-0.2, 0) is 24.7 Å². The molecule has 0 N–H and O–H groups in total. The van der Waals surface area contributed by atoms with Crippen molar-refractivity contribution in [2.45, 2.75) is 44.2 Å². The van der Waals surface area contributed by atoms with Crippen molar-refractivity contribution in [2.24, 2.45) is 13.0 Å². The van der Waals surface area contributed by atoms with Crippen LogP contribution in [-0.4, -0.2) is 33.0 Å². The molecule has 0 spiro atoms. The monoisotopic (exact) mass is 465 g/mol. The van der Waals surface area contributed by atoms with Gasteiger partial charge in [-0.3, -0.25) is 4.79 Å². The highest BCUT2D eigenvalue weighted by atomic mass is 32.2. The van der Waals surface area contributed by atoms with Gasteiger partial charge in [-0.05, 0) is 48.9 Å². The van der Waals surface area contributed by atoms with E-state index in [1.54, 1.807) is 4.90 Å². The molecule has 32 heavy (non-hydrogen) atoms. The first-order valence-corrected chi connectivity index (χ1v) is 12.8. The average Bonchev–Trinajstić information content (AvgIpc) is 3.40. The van der Waals surface area contributed by atoms with Crippen LogP contribution in [0.1, 0.15) is 36.6 Å². The van der Waals surface area contributed by atoms with Crippen LogP contribution in [0.2, 0.25) is 0 Å². The van der Waals surface area contributed by atoms with Gasteiger partial charge in [0.1, 0.15) is 0 Å². The first kappa shape index (κ1) is 22.6. The maximum Gasteiger partial charge on any atom is 0.237 e. The number of anilines is 1. The first-order valence-electron chi connectivity index (χ1n) is 11.0. The predicted molar refractivity (Wildman–Crippen MR) is 130 cm³/mol. The number of nitriles is 1. The highest BCUT2D eigenvalue weighted by Crippen LogP contribution is 2.38. The number of carbonyl (C=O) groups is 1. The fraction of sp³-hybridized carbons (Fsp3) is 0.417. The van der Waals surface area contributed by atoms with Crippen LogP contribution in [0.25, 0.3) is 10.7 Å². The lowest BCUT2D eigenvalue weighted by atomic mass is 9.87. The summed E-state index contributed by atoms with van der Waals surface area (Å²) in [5, 5.41) is 18.5. The van der Waals surface area contributed by atoms with Crippen molar-refractivity contribution in [2.75, 3.05) is 17.2 Å². The smallest absolute Gasteiger partial charge is 0.237 e. The summed E-state index contributed by atoms with van der Waals surface area (Å²) in [6, 6.07) is 13.9. The van der Waals surface area contributed by atoms with Gasteiger partial charge in [0.15, 0.2) is 11.0 Å². The molecule has 0 saturated heterocycles. The SMILES string of the molecule is CCC1CCc2sc(-c3nnc(SCC(=O)N(CCC#N)c4ccccc4)n3C)cc2C1. The van der Waals surface area contributed by atoms with Gasteiger partial charge in [0.2, 0.25) is 5.91 Å². The Bertz CT molecular complexity index is 1120. The number of fused-ring (bicyclic) bond motifs is 1. The number of benzene rings is 1. The number of hydrogen-bond donors (Lipinski definition) is 0. The Hall–Kier alpha value is -2.63. The van der Waals surface area contributed by atoms with E-state index in [1.807, 2.05) is 53.3 Å². The van der Waals surface area contributed by atoms with Crippen LogP contribution in [0, 0.1) is 17.2 Å². The number of amides is 1. The van der Waals surface area contributed by atoms with Crippen LogP contribution in [0.15, 0.2) is 41.6 Å². The molecule has 166 valence electrons. The van der Waals surface area contributed by atoms with Gasteiger partial charge in [-0.15, -0.1) is 21.5 Å². The summed E-state index contributed by atoms with van der Waals surface area (Å²) in [5.41, 5.74) is 2.27. The number of thiophene rings is 1. The lowest BCUT2D eigenvalue weighted by molar-refractivity contribution is -0.116. The highest BCUT2D eigenvalue weighted by molar-refractivity contribution is 7.99. The van der Waals surface area contributed by atoms with Crippen LogP contribution < -0.4 is 4.90 Å². The molecule has 6 nitrogen and oxygen atoms in total. The van der Waals surface area contributed by atoms with Gasteiger partial charge in [-0.25, -0.2) is 0 Å². The minimum absolute atomic E-state index is 0.0433. The number of aryl methyl sites for hydroxylation is 1. The van der Waals surface area contributed by atoms with Gasteiger partial charge in [-0.1, -0.05) is 43.3 Å². The van der Waals surface area contributed by atoms with Crippen molar-refractivity contribution < 1.29 is 4.79 Å². The predicted octanol–water partition coefficient (Wildman–Crippen LogP) is 5.10. The van der Waals surface area contributed by atoms with Gasteiger partial charge < -0.3 is 9.47 Å². The van der Waals surface area contributed by atoms with E-state index in [0.29, 0.717) is 13.0 Å². The van der Waals surface area contributed by atoms with Crippen LogP contribution in [0.4, 0.5) is 5.69 Å². The quantitative estimate of drug-likeness (QED) is 0.433. The Kier molecular flexibility index (Phi) is 7.28. The van der Waals surface area contributed by atoms with E-state index in [9.17, 15) is 4.79 Å². The second-order valence-electron chi connectivity index (χ2n) is 8.02. The van der Waals surface area contributed by atoms with Gasteiger partial charge in [0.05, 0.1) is 23.1 Å². The summed E-state index contributed by atoms with van der Waals surface area (Å²) in [6.45, 7) is 2.65. The fourth-order valence-corrected chi connectivity index (χ4v) is 6.10. The maximum atomic E-state index is 12.9. The van der Waals surface area contributed by atoms with Crippen molar-refractivity contribution in [1.29, 1.82) is 5.26 Å². The average molecular weight is 466 g/mol. The van der Waals surface area contributed by atoms with E-state index in [4.69, 9.17) is 5.26 Å². The largest absolute Gasteiger partial charge is 0.311 e. The third-order valence-corrected chi connectivity index (χ3v) is 8.20. The molecular formula is C24H27N5OS2. The van der Waals surface area contributed by atoms with Gasteiger partial charge >= 0.3 is 0 Å². The van der Waals surface area contributed by atoms with Gasteiger partial charge in [0.25, 0.3) is 0 Å². The zero-order valence-corrected chi connectivity index (χ0v) is 20.1. The Morgan fingerprint density at radius 2 is 2.16 bits per heavy atom. The van der Waals surface area contributed by atoms with Crippen LogP contribution in [0.3, 0.4) is 0 Å². The van der Waals surface area contributed by atoms with Crippen LogP contribution >= 0.6 is 23.1 Å². The molecule has 1 aliphatic carbocycles. The van der Waals surface area contributed by atoms with Gasteiger partial charge in [0, 0.05) is 24.2 Å². The normalized spacial score (nSPS) is 15.2. The molecule has 4 rings (SSSR count). The number of carbonyl (C=O) groups excluding carboxylic acids is 1. The molecule has 1 amide bonds. The highest BCUT2D eigenvalue weighted by Gasteiger charge is 2.23. The lowest BCUT2D eigenvalue weighted by Crippen LogP contribution is -2.33. The zero-order chi connectivity index (χ0) is 22.5. The second-order valence-corrected chi connectivity index (χ2v) is 10.1. The molecule has 1 atom stereocenters. The molecule has 0 saturated carbocycles. The molecule has 2 aromatic heterocycles. The molecule has 3 aromatic rings. The molecule has 1 unspecified atom stereocenters. The van der Waals surface area contributed by atoms with Crippen molar-refractivity contribution >= 4 is 34.7 Å². The standard InChI is InChI=1S/C24H27N5OS2/c1-3-17-10-11-20-18(14-17)15-21(32-20)23-26-27-24(28(23)2)31-16-22(30)29(13-7-12-25)19-8-5-4-6-9-19/h4-6,8-9,15,17H,3,7,10-11,13-14,16H2,1-2H3. The fourth-order valence-electron chi connectivity index (χ4n) is 4.08. The zero-order valence-electron chi connectivity index (χ0n) is 18.5. The maximum absolute atomic E-state index is 12.9. The first-order chi connectivity index (χ1) is 15.6. The summed E-state index contributed by atoms with van der Waals surface area (Å²) in [5.74, 6) is 1.84. The van der Waals surface area contributed by atoms with E-state index in [2.05, 4.69) is 29.3 Å². The third-order valence-electron chi connectivity index (χ3n) is 5.96. The summed E-state index contributed by atoms with van der Waals surface area (Å²) in [4.78, 5) is 17.2. The van der Waals surface area contributed by atoms with Gasteiger partial charge in [-0.2, -0.15) is 5.26 Å². The number of thioether (sulfide) groups is 1. The summed E-state index contributed by atoms with van der Waals surface area (Å²) < 4.78 is 1.98. The molecule has 2 heterocycles.